The number of hydrogen-bond donors (Lipinski definition) is 15. The van der Waals surface area contributed by atoms with Gasteiger partial charge in [-0.2, -0.15) is 0 Å². The zero-order chi connectivity index (χ0) is 53.4. The van der Waals surface area contributed by atoms with Crippen LogP contribution >= 0.6 is 0 Å². The Morgan fingerprint density at radius 2 is 1.09 bits per heavy atom. The number of nitrogens with two attached hydrogens (primary N) is 4. The number of amides is 9. The lowest BCUT2D eigenvalue weighted by atomic mass is 10.0. The summed E-state index contributed by atoms with van der Waals surface area (Å²) in [4.78, 5) is 153. The molecule has 0 saturated carbocycles. The Kier molecular flexibility index (Phi) is 26.1. The number of H-pyrrole nitrogens is 1. The van der Waals surface area contributed by atoms with E-state index in [-0.39, 0.29) is 44.1 Å². The molecule has 0 fully saturated rings. The van der Waals surface area contributed by atoms with Crippen LogP contribution in [-0.2, 0) is 59.2 Å². The fourth-order valence-corrected chi connectivity index (χ4v) is 6.36. The first-order valence-corrected chi connectivity index (χ1v) is 22.6. The predicted molar refractivity (Wildman–Crippen MR) is 250 cm³/mol. The van der Waals surface area contributed by atoms with E-state index in [1.54, 1.807) is 27.7 Å². The molecule has 0 aliphatic rings. The third kappa shape index (κ3) is 23.1. The lowest BCUT2D eigenvalue weighted by molar-refractivity contribution is -0.142. The Hall–Kier alpha value is -7.39. The number of rotatable bonds is 32. The van der Waals surface area contributed by atoms with Crippen LogP contribution in [0.2, 0.25) is 0 Å². The molecule has 1 heterocycles. The second-order valence-electron chi connectivity index (χ2n) is 17.4. The van der Waals surface area contributed by atoms with Crippen LogP contribution in [0.25, 0.3) is 0 Å². The molecule has 1 aromatic rings. The average Bonchev–Trinajstić information content (AvgIpc) is 3.78. The Morgan fingerprint density at radius 3 is 1.56 bits per heavy atom. The summed E-state index contributed by atoms with van der Waals surface area (Å²) >= 11 is 0. The number of nitrogens with zero attached hydrogens (tertiary/aromatic N) is 2. The molecule has 0 bridgehead atoms. The van der Waals surface area contributed by atoms with Gasteiger partial charge in [0.05, 0.1) is 12.4 Å². The van der Waals surface area contributed by atoms with Crippen molar-refractivity contribution in [3.8, 4) is 0 Å². The Bertz CT molecular complexity index is 2010. The van der Waals surface area contributed by atoms with Crippen LogP contribution < -0.4 is 65.5 Å². The summed E-state index contributed by atoms with van der Waals surface area (Å²) in [5.74, 6) is -11.7. The van der Waals surface area contributed by atoms with Crippen LogP contribution in [0.1, 0.15) is 99.1 Å². The summed E-state index contributed by atoms with van der Waals surface area (Å²) in [6.45, 7) is 10.7. The number of imidazole rings is 1. The maximum Gasteiger partial charge on any atom is 0.326 e. The Balaban J connectivity index is 3.29. The van der Waals surface area contributed by atoms with Crippen LogP contribution in [0.3, 0.4) is 0 Å². The van der Waals surface area contributed by atoms with Gasteiger partial charge < -0.3 is 80.7 Å². The number of carbonyl (C=O) groups is 11. The number of aromatic amines is 1. The van der Waals surface area contributed by atoms with Crippen molar-refractivity contribution in [3.05, 3.63) is 18.2 Å². The maximum absolute atomic E-state index is 13.8. The lowest BCUT2D eigenvalue weighted by Gasteiger charge is -2.28. The molecule has 70 heavy (non-hydrogen) atoms. The molecule has 0 aromatic carbocycles. The molecule has 0 radical (unpaired) electrons. The molecular weight excluding hydrogens is 923 g/mol. The zero-order valence-corrected chi connectivity index (χ0v) is 40.5. The minimum absolute atomic E-state index is 0.00575. The van der Waals surface area contributed by atoms with Crippen molar-refractivity contribution in [2.24, 2.45) is 39.8 Å². The van der Waals surface area contributed by atoms with Gasteiger partial charge in [0.15, 0.2) is 5.96 Å². The van der Waals surface area contributed by atoms with Gasteiger partial charge in [0.2, 0.25) is 53.2 Å². The highest BCUT2D eigenvalue weighted by molar-refractivity contribution is 5.98. The van der Waals surface area contributed by atoms with E-state index in [1.807, 2.05) is 0 Å². The number of carboxylic acids is 2. The molecule has 0 aliphatic heterocycles. The van der Waals surface area contributed by atoms with Gasteiger partial charge in [-0.25, -0.2) is 9.78 Å². The summed E-state index contributed by atoms with van der Waals surface area (Å²) in [5, 5.41) is 38.8. The first-order chi connectivity index (χ1) is 32.6. The fraction of sp³-hybridized carbons (Fsp3) is 0.643. The van der Waals surface area contributed by atoms with Gasteiger partial charge in [-0.3, -0.25) is 52.9 Å². The molecule has 1 rings (SSSR count). The van der Waals surface area contributed by atoms with Crippen molar-refractivity contribution < 1.29 is 63.0 Å². The largest absolute Gasteiger partial charge is 0.481 e. The van der Waals surface area contributed by atoms with E-state index in [2.05, 4.69) is 57.5 Å². The number of hydrogen-bond acceptors (Lipinski definition) is 14. The first kappa shape index (κ1) is 60.6. The number of aliphatic imine (C=N–C) groups is 1. The van der Waals surface area contributed by atoms with Gasteiger partial charge in [-0.05, 0) is 64.7 Å². The molecule has 392 valence electrons. The number of aromatic nitrogens is 2. The van der Waals surface area contributed by atoms with Gasteiger partial charge in [-0.1, -0.05) is 27.7 Å². The van der Waals surface area contributed by atoms with Crippen molar-refractivity contribution in [1.29, 1.82) is 0 Å². The number of aliphatic carboxylic acids is 2. The van der Waals surface area contributed by atoms with E-state index < -0.39 is 151 Å². The van der Waals surface area contributed by atoms with Crippen LogP contribution in [0, 0.1) is 11.8 Å². The molecule has 0 spiro atoms. The SMILES string of the molecule is CC(C)C[C@H](NC(=O)[C@H](CCC(N)=O)NC(=O)[C@H](CCC(=O)O)NC(=O)[C@H](C)NC(=O)[C@@H](NC(=O)[C@H](Cc1cnc[nH]1)NC(=O)[C@H](C)NC(=O)[C@H](C)N)C(C)C)C(=O)N[C@@H](CCCN=C(N)N)C(=O)O. The van der Waals surface area contributed by atoms with Gasteiger partial charge in [0, 0.05) is 37.7 Å². The molecule has 19 N–H and O–H groups in total. The third-order valence-electron chi connectivity index (χ3n) is 10.3. The topological polar surface area (TPSA) is 470 Å². The van der Waals surface area contributed by atoms with Gasteiger partial charge in [0.25, 0.3) is 0 Å². The standard InChI is InChI=1S/C42H71N15O13/c1-19(2)15-28(38(66)54-27(41(69)70)9-8-14-48-42(45)46)56-37(65)25(10-12-30(44)58)53-36(64)26(11-13-31(59)60)52-34(62)23(7)51-40(68)32(20(3)4)57-39(67)29(16-24-17-47-18-49-24)55-35(63)22(6)50-33(61)21(5)43/h17-23,25-29,32H,8-16,43H2,1-7H3,(H2,44,58)(H,47,49)(H,50,61)(H,51,68)(H,52,62)(H,53,64)(H,54,66)(H,55,63)(H,56,65)(H,57,67)(H,59,60)(H,69,70)(H4,45,46,48)/t21-,22-,23-,25-,26-,27-,28-,29-,32-/m0/s1. The van der Waals surface area contributed by atoms with Crippen LogP contribution in [0.15, 0.2) is 17.5 Å². The normalized spacial score (nSPS) is 14.9. The highest BCUT2D eigenvalue weighted by atomic mass is 16.4. The molecule has 28 nitrogen and oxygen atoms in total. The van der Waals surface area contributed by atoms with E-state index in [9.17, 15) is 63.0 Å². The molecule has 0 unspecified atom stereocenters. The molecule has 0 saturated heterocycles. The second-order valence-corrected chi connectivity index (χ2v) is 17.4. The molecule has 1 aromatic heterocycles. The van der Waals surface area contributed by atoms with Crippen molar-refractivity contribution >= 4 is 71.1 Å². The summed E-state index contributed by atoms with van der Waals surface area (Å²) in [5.41, 5.74) is 22.0. The van der Waals surface area contributed by atoms with Gasteiger partial charge >= 0.3 is 11.9 Å². The van der Waals surface area contributed by atoms with Gasteiger partial charge in [0.1, 0.15) is 48.3 Å². The van der Waals surface area contributed by atoms with Crippen LogP contribution in [-0.4, -0.2) is 152 Å². The van der Waals surface area contributed by atoms with Crippen molar-refractivity contribution in [1.82, 2.24) is 52.5 Å². The van der Waals surface area contributed by atoms with Crippen LogP contribution in [0.5, 0.6) is 0 Å². The highest BCUT2D eigenvalue weighted by Gasteiger charge is 2.35. The lowest BCUT2D eigenvalue weighted by Crippen LogP contribution is -2.60. The third-order valence-corrected chi connectivity index (χ3v) is 10.3. The fourth-order valence-electron chi connectivity index (χ4n) is 6.36. The van der Waals surface area contributed by atoms with E-state index in [4.69, 9.17) is 22.9 Å². The minimum atomic E-state index is -1.66. The Morgan fingerprint density at radius 1 is 0.600 bits per heavy atom. The van der Waals surface area contributed by atoms with E-state index in [1.165, 1.54) is 33.3 Å². The second kappa shape index (κ2) is 30.2. The summed E-state index contributed by atoms with van der Waals surface area (Å²) in [7, 11) is 0. The molecular formula is C42H71N15O13. The molecule has 9 amide bonds. The quantitative estimate of drug-likeness (QED) is 0.0183. The monoisotopic (exact) mass is 994 g/mol. The van der Waals surface area contributed by atoms with Gasteiger partial charge in [-0.15, -0.1) is 0 Å². The highest BCUT2D eigenvalue weighted by Crippen LogP contribution is 2.11. The van der Waals surface area contributed by atoms with E-state index in [0.29, 0.717) is 5.69 Å². The molecule has 0 aliphatic carbocycles. The first-order valence-electron chi connectivity index (χ1n) is 22.6. The summed E-state index contributed by atoms with van der Waals surface area (Å²) in [6, 6.07) is -12.1. The smallest absolute Gasteiger partial charge is 0.326 e. The molecule has 28 heteroatoms. The summed E-state index contributed by atoms with van der Waals surface area (Å²) in [6.07, 6.45) is 0.656. The predicted octanol–water partition coefficient (Wildman–Crippen LogP) is -4.81. The maximum atomic E-state index is 13.8. The Labute approximate surface area is 404 Å². The van der Waals surface area contributed by atoms with E-state index >= 15 is 0 Å². The van der Waals surface area contributed by atoms with Crippen LogP contribution in [0.4, 0.5) is 0 Å². The summed E-state index contributed by atoms with van der Waals surface area (Å²) < 4.78 is 0. The number of guanidine groups is 1. The number of primary amides is 1. The molecule has 9 atom stereocenters. The average molecular weight is 994 g/mol. The number of carboxylic acid groups (broad SMARTS) is 2. The van der Waals surface area contributed by atoms with Crippen molar-refractivity contribution in [2.45, 2.75) is 154 Å². The number of carbonyl (C=O) groups excluding carboxylic acids is 9. The van der Waals surface area contributed by atoms with Crippen molar-refractivity contribution in [3.63, 3.8) is 0 Å². The van der Waals surface area contributed by atoms with E-state index in [0.717, 1.165) is 0 Å². The van der Waals surface area contributed by atoms with Crippen molar-refractivity contribution in [2.75, 3.05) is 6.54 Å². The number of nitrogens with one attached hydrogen (secondary N) is 9. The minimum Gasteiger partial charge on any atom is -0.481 e. The zero-order valence-electron chi connectivity index (χ0n) is 40.5.